The van der Waals surface area contributed by atoms with Crippen molar-refractivity contribution in [1.82, 2.24) is 20.3 Å². The zero-order valence-corrected chi connectivity index (χ0v) is 19.9. The van der Waals surface area contributed by atoms with Gasteiger partial charge in [0.05, 0.1) is 49.2 Å². The second-order valence-corrected chi connectivity index (χ2v) is 9.22. The number of amides is 1. The van der Waals surface area contributed by atoms with Crippen molar-refractivity contribution in [3.63, 3.8) is 0 Å². The molecule has 1 atom stereocenters. The predicted molar refractivity (Wildman–Crippen MR) is 135 cm³/mol. The minimum Gasteiger partial charge on any atom is -0.375 e. The Labute approximate surface area is 212 Å². The van der Waals surface area contributed by atoms with Gasteiger partial charge in [-0.1, -0.05) is 6.07 Å². The number of carbonyl (C=O) groups excluding carboxylic acids is 1. The molecule has 8 nitrogen and oxygen atoms in total. The highest BCUT2D eigenvalue weighted by Crippen LogP contribution is 2.31. The quantitative estimate of drug-likeness (QED) is 0.445. The Morgan fingerprint density at radius 3 is 2.86 bits per heavy atom. The van der Waals surface area contributed by atoms with Crippen molar-refractivity contribution in [3.05, 3.63) is 83.2 Å². The molecular formula is C28H23FN6O2. The highest BCUT2D eigenvalue weighted by atomic mass is 19.1. The van der Waals surface area contributed by atoms with E-state index in [1.54, 1.807) is 36.8 Å². The van der Waals surface area contributed by atoms with Gasteiger partial charge in [0.25, 0.3) is 5.91 Å². The van der Waals surface area contributed by atoms with Crippen molar-refractivity contribution in [2.75, 3.05) is 24.6 Å². The number of hydrogen-bond donors (Lipinski definition) is 1. The van der Waals surface area contributed by atoms with Crippen molar-refractivity contribution >= 4 is 22.6 Å². The van der Waals surface area contributed by atoms with Crippen LogP contribution in [0.25, 0.3) is 22.0 Å². The molecule has 5 heterocycles. The molecule has 0 aliphatic carbocycles. The summed E-state index contributed by atoms with van der Waals surface area (Å²) in [4.78, 5) is 27.9. The summed E-state index contributed by atoms with van der Waals surface area (Å²) in [5.74, 6) is -0.609. The summed E-state index contributed by atoms with van der Waals surface area (Å²) >= 11 is 0. The Morgan fingerprint density at radius 1 is 1.16 bits per heavy atom. The van der Waals surface area contributed by atoms with Crippen molar-refractivity contribution in [2.24, 2.45) is 0 Å². The maximum absolute atomic E-state index is 15.2. The molecule has 0 radical (unpaired) electrons. The fraction of sp³-hybridized carbons (Fsp3) is 0.250. The van der Waals surface area contributed by atoms with Gasteiger partial charge in [0.15, 0.2) is 11.6 Å². The van der Waals surface area contributed by atoms with Gasteiger partial charge in [0.1, 0.15) is 0 Å². The minimum atomic E-state index is -0.382. The summed E-state index contributed by atoms with van der Waals surface area (Å²) in [5, 5.41) is 13.1. The fourth-order valence-corrected chi connectivity index (χ4v) is 4.67. The molecule has 9 heteroatoms. The summed E-state index contributed by atoms with van der Waals surface area (Å²) in [6, 6.07) is 12.9. The lowest BCUT2D eigenvalue weighted by molar-refractivity contribution is 0.0945. The van der Waals surface area contributed by atoms with Crippen LogP contribution in [0, 0.1) is 17.1 Å². The van der Waals surface area contributed by atoms with Gasteiger partial charge in [0, 0.05) is 47.6 Å². The Bertz CT molecular complexity index is 1560. The van der Waals surface area contributed by atoms with Crippen LogP contribution in [0.4, 0.5) is 10.2 Å². The van der Waals surface area contributed by atoms with Gasteiger partial charge >= 0.3 is 0 Å². The number of hydrogen-bond acceptors (Lipinski definition) is 7. The zero-order chi connectivity index (χ0) is 25.4. The first-order chi connectivity index (χ1) is 18.1. The minimum absolute atomic E-state index is 0.212. The third kappa shape index (κ3) is 4.36. The van der Waals surface area contributed by atoms with E-state index in [1.165, 1.54) is 0 Å². The number of fused-ring (bicyclic) bond motifs is 2. The first-order valence-corrected chi connectivity index (χ1v) is 12.1. The second-order valence-electron chi connectivity index (χ2n) is 9.22. The molecule has 1 fully saturated rings. The number of rotatable bonds is 5. The summed E-state index contributed by atoms with van der Waals surface area (Å²) in [7, 11) is 0. The molecule has 1 amide bonds. The van der Waals surface area contributed by atoms with Crippen LogP contribution in [0.2, 0.25) is 0 Å². The van der Waals surface area contributed by atoms with Crippen LogP contribution in [0.3, 0.4) is 0 Å². The average Bonchev–Trinajstić information content (AvgIpc) is 2.90. The SMILES string of the molecule is N#CC1COCc2ccc(C(=O)NCc3cc4cc(-c5ccnc(N6CCC6)c5F)cnc4cn3)cc21. The third-order valence-corrected chi connectivity index (χ3v) is 6.87. The molecule has 2 aliphatic heterocycles. The maximum atomic E-state index is 15.2. The van der Waals surface area contributed by atoms with Gasteiger partial charge in [-0.2, -0.15) is 5.26 Å². The fourth-order valence-electron chi connectivity index (χ4n) is 4.67. The van der Waals surface area contributed by atoms with Crippen molar-refractivity contribution in [1.29, 1.82) is 5.26 Å². The van der Waals surface area contributed by atoms with Crippen LogP contribution in [0.15, 0.2) is 55.0 Å². The highest BCUT2D eigenvalue weighted by molar-refractivity contribution is 5.94. The maximum Gasteiger partial charge on any atom is 0.251 e. The number of nitrogens with zero attached hydrogens (tertiary/aromatic N) is 5. The van der Waals surface area contributed by atoms with Crippen LogP contribution in [0.1, 0.15) is 39.5 Å². The van der Waals surface area contributed by atoms with Gasteiger partial charge in [-0.05, 0) is 47.9 Å². The number of carbonyl (C=O) groups is 1. The molecule has 37 heavy (non-hydrogen) atoms. The normalized spacial score (nSPS) is 16.5. The van der Waals surface area contributed by atoms with Gasteiger partial charge in [-0.25, -0.2) is 9.37 Å². The first kappa shape index (κ1) is 23.0. The molecule has 184 valence electrons. The van der Waals surface area contributed by atoms with E-state index in [-0.39, 0.29) is 24.2 Å². The molecule has 1 aromatic carbocycles. The van der Waals surface area contributed by atoms with Crippen molar-refractivity contribution in [2.45, 2.75) is 25.5 Å². The molecule has 0 bridgehead atoms. The van der Waals surface area contributed by atoms with Gasteiger partial charge in [0.2, 0.25) is 0 Å². The molecule has 1 N–H and O–H groups in total. The number of ether oxygens (including phenoxy) is 1. The van der Waals surface area contributed by atoms with Crippen molar-refractivity contribution in [3.8, 4) is 17.2 Å². The molecule has 0 spiro atoms. The highest BCUT2D eigenvalue weighted by Gasteiger charge is 2.23. The van der Waals surface area contributed by atoms with E-state index in [2.05, 4.69) is 26.3 Å². The number of nitrogens with one attached hydrogen (secondary N) is 1. The van der Waals surface area contributed by atoms with E-state index in [4.69, 9.17) is 4.74 Å². The Morgan fingerprint density at radius 2 is 2.05 bits per heavy atom. The van der Waals surface area contributed by atoms with Crippen LogP contribution in [0.5, 0.6) is 0 Å². The molecule has 3 aromatic heterocycles. The van der Waals surface area contributed by atoms with E-state index in [0.717, 1.165) is 36.0 Å². The van der Waals surface area contributed by atoms with Gasteiger partial charge in [-0.3, -0.25) is 14.8 Å². The molecule has 2 aliphatic rings. The number of anilines is 1. The molecule has 6 rings (SSSR count). The summed E-state index contributed by atoms with van der Waals surface area (Å²) in [5.41, 5.74) is 4.68. The Kier molecular flexibility index (Phi) is 5.94. The first-order valence-electron chi connectivity index (χ1n) is 12.1. The summed E-state index contributed by atoms with van der Waals surface area (Å²) in [6.45, 7) is 2.60. The number of halogens is 1. The molecular weight excluding hydrogens is 471 g/mol. The topological polar surface area (TPSA) is 104 Å². The Hall–Kier alpha value is -4.42. The van der Waals surface area contributed by atoms with E-state index >= 15 is 4.39 Å². The van der Waals surface area contributed by atoms with E-state index < -0.39 is 0 Å². The van der Waals surface area contributed by atoms with E-state index in [0.29, 0.717) is 46.9 Å². The van der Waals surface area contributed by atoms with Crippen LogP contribution in [-0.2, 0) is 17.9 Å². The largest absolute Gasteiger partial charge is 0.375 e. The predicted octanol–water partition coefficient (Wildman–Crippen LogP) is 4.11. The number of nitriles is 1. The number of aromatic nitrogens is 3. The Balaban J connectivity index is 1.21. The standard InChI is InChI=1S/C28H23FN6O2/c29-26-23(4-5-31-27(26)35-6-1-7-35)20-8-19-9-22(32-14-25(19)33-12-20)13-34-28(36)17-2-3-18-15-37-16-21(11-30)24(18)10-17/h2-5,8-10,12,14,21H,1,6-7,13,15-16H2,(H,34,36). The van der Waals surface area contributed by atoms with Gasteiger partial charge < -0.3 is 15.0 Å². The molecule has 4 aromatic rings. The number of benzene rings is 1. The lowest BCUT2D eigenvalue weighted by Crippen LogP contribution is -2.38. The zero-order valence-electron chi connectivity index (χ0n) is 19.9. The van der Waals surface area contributed by atoms with E-state index in [1.807, 2.05) is 23.1 Å². The monoisotopic (exact) mass is 494 g/mol. The summed E-state index contributed by atoms with van der Waals surface area (Å²) < 4.78 is 20.7. The lowest BCUT2D eigenvalue weighted by atomic mass is 9.92. The van der Waals surface area contributed by atoms with Crippen LogP contribution in [-0.4, -0.2) is 40.6 Å². The number of pyridine rings is 3. The average molecular weight is 495 g/mol. The molecule has 1 saturated heterocycles. The molecule has 1 unspecified atom stereocenters. The van der Waals surface area contributed by atoms with Gasteiger partial charge in [-0.15, -0.1) is 0 Å². The van der Waals surface area contributed by atoms with Crippen molar-refractivity contribution < 1.29 is 13.9 Å². The summed E-state index contributed by atoms with van der Waals surface area (Å²) in [6.07, 6.45) is 5.94. The smallest absolute Gasteiger partial charge is 0.251 e. The van der Waals surface area contributed by atoms with Crippen LogP contribution < -0.4 is 10.2 Å². The van der Waals surface area contributed by atoms with E-state index in [9.17, 15) is 10.1 Å². The third-order valence-electron chi connectivity index (χ3n) is 6.87. The molecule has 0 saturated carbocycles. The lowest BCUT2D eigenvalue weighted by Gasteiger charge is -2.32. The second kappa shape index (κ2) is 9.56. The van der Waals surface area contributed by atoms with Crippen LogP contribution >= 0.6 is 0 Å².